The maximum absolute atomic E-state index is 12.3. The third-order valence-electron chi connectivity index (χ3n) is 3.56. The molecule has 2 N–H and O–H groups in total. The molecule has 0 saturated carbocycles. The van der Waals surface area contributed by atoms with Gasteiger partial charge in [0, 0.05) is 30.4 Å². The minimum absolute atomic E-state index is 0.112. The Hall–Kier alpha value is -2.11. The van der Waals surface area contributed by atoms with Crippen molar-refractivity contribution in [2.24, 2.45) is 5.92 Å². The van der Waals surface area contributed by atoms with Crippen molar-refractivity contribution in [3.8, 4) is 0 Å². The lowest BCUT2D eigenvalue weighted by molar-refractivity contribution is -0.141. The van der Waals surface area contributed by atoms with Gasteiger partial charge >= 0.3 is 5.97 Å². The first-order valence-electron chi connectivity index (χ1n) is 6.65. The molecule has 2 heterocycles. The third kappa shape index (κ3) is 2.89. The largest absolute Gasteiger partial charge is 0.481 e. The summed E-state index contributed by atoms with van der Waals surface area (Å²) in [5.74, 6) is -1.55. The first-order valence-corrected chi connectivity index (χ1v) is 6.65. The molecule has 0 radical (unpaired) electrons. The van der Waals surface area contributed by atoms with Crippen molar-refractivity contribution in [3.05, 3.63) is 33.7 Å². The molecule has 1 fully saturated rings. The molecule has 1 saturated heterocycles. The smallest absolute Gasteiger partial charge is 0.308 e. The Bertz CT molecular complexity index is 591. The molecule has 0 aromatic carbocycles. The molecule has 20 heavy (non-hydrogen) atoms. The fourth-order valence-corrected chi connectivity index (χ4v) is 2.33. The van der Waals surface area contributed by atoms with E-state index in [1.54, 1.807) is 6.07 Å². The number of aliphatic carboxylic acids is 1. The van der Waals surface area contributed by atoms with Gasteiger partial charge in [0.25, 0.3) is 5.91 Å². The highest BCUT2D eigenvalue weighted by molar-refractivity contribution is 5.94. The van der Waals surface area contributed by atoms with Crippen molar-refractivity contribution in [2.45, 2.75) is 26.2 Å². The number of hydrogen-bond acceptors (Lipinski definition) is 3. The molecular weight excluding hydrogens is 260 g/mol. The predicted molar refractivity (Wildman–Crippen MR) is 72.8 cm³/mol. The molecular formula is C14H18N2O4. The van der Waals surface area contributed by atoms with Gasteiger partial charge in [-0.15, -0.1) is 0 Å². The monoisotopic (exact) mass is 278 g/mol. The topological polar surface area (TPSA) is 90.5 Å². The zero-order valence-electron chi connectivity index (χ0n) is 11.5. The lowest BCUT2D eigenvalue weighted by Crippen LogP contribution is -2.31. The highest BCUT2D eigenvalue weighted by Gasteiger charge is 2.31. The summed E-state index contributed by atoms with van der Waals surface area (Å²) >= 11 is 0. The van der Waals surface area contributed by atoms with E-state index in [4.69, 9.17) is 5.11 Å². The summed E-state index contributed by atoms with van der Waals surface area (Å²) in [7, 11) is 0. The zero-order chi connectivity index (χ0) is 14.9. The summed E-state index contributed by atoms with van der Waals surface area (Å²) in [6, 6.07) is 2.94. The van der Waals surface area contributed by atoms with E-state index in [9.17, 15) is 14.4 Å². The van der Waals surface area contributed by atoms with Crippen LogP contribution in [0.1, 0.15) is 42.2 Å². The number of nitrogens with one attached hydrogen (secondary N) is 1. The van der Waals surface area contributed by atoms with Gasteiger partial charge in [-0.25, -0.2) is 0 Å². The standard InChI is InChI=1S/C14H18N2O4/c1-8(2)11-5-10(6-12(17)15-11)13(18)16-4-3-9(7-16)14(19)20/h5-6,8-9H,3-4,7H2,1-2H3,(H,15,17)(H,19,20). The zero-order valence-corrected chi connectivity index (χ0v) is 11.5. The Kier molecular flexibility index (Phi) is 3.92. The Balaban J connectivity index is 2.22. The first-order chi connectivity index (χ1) is 9.38. The number of H-pyrrole nitrogens is 1. The number of hydrogen-bond donors (Lipinski definition) is 2. The van der Waals surface area contributed by atoms with Crippen molar-refractivity contribution < 1.29 is 14.7 Å². The molecule has 0 spiro atoms. The fourth-order valence-electron chi connectivity index (χ4n) is 2.33. The first kappa shape index (κ1) is 14.3. The number of aromatic nitrogens is 1. The number of carbonyl (C=O) groups is 2. The van der Waals surface area contributed by atoms with Crippen molar-refractivity contribution in [1.82, 2.24) is 9.88 Å². The predicted octanol–water partition coefficient (Wildman–Crippen LogP) is 1.05. The normalized spacial score (nSPS) is 18.6. The molecule has 0 aliphatic carbocycles. The molecule has 1 aliphatic rings. The molecule has 1 aromatic rings. The highest BCUT2D eigenvalue weighted by atomic mass is 16.4. The number of likely N-dealkylation sites (tertiary alicyclic amines) is 1. The van der Waals surface area contributed by atoms with E-state index in [-0.39, 0.29) is 23.9 Å². The van der Waals surface area contributed by atoms with Crippen molar-refractivity contribution in [1.29, 1.82) is 0 Å². The van der Waals surface area contributed by atoms with Gasteiger partial charge in [-0.2, -0.15) is 0 Å². The molecule has 0 bridgehead atoms. The van der Waals surface area contributed by atoms with Gasteiger partial charge in [-0.05, 0) is 18.4 Å². The SMILES string of the molecule is CC(C)c1cc(C(=O)N2CCC(C(=O)O)C2)cc(=O)[nH]1. The number of carboxylic acids is 1. The highest BCUT2D eigenvalue weighted by Crippen LogP contribution is 2.19. The molecule has 1 aliphatic heterocycles. The van der Waals surface area contributed by atoms with Crippen molar-refractivity contribution in [3.63, 3.8) is 0 Å². The van der Waals surface area contributed by atoms with Crippen LogP contribution in [0.3, 0.4) is 0 Å². The number of aromatic amines is 1. The second-order valence-electron chi connectivity index (χ2n) is 5.42. The van der Waals surface area contributed by atoms with Crippen LogP contribution < -0.4 is 5.56 Å². The van der Waals surface area contributed by atoms with E-state index < -0.39 is 11.9 Å². The van der Waals surface area contributed by atoms with Gasteiger partial charge in [0.05, 0.1) is 5.92 Å². The molecule has 6 heteroatoms. The van der Waals surface area contributed by atoms with Gasteiger partial charge in [0.1, 0.15) is 0 Å². The summed E-state index contributed by atoms with van der Waals surface area (Å²) in [6.07, 6.45) is 0.460. The van der Waals surface area contributed by atoms with Crippen LogP contribution in [0, 0.1) is 5.92 Å². The van der Waals surface area contributed by atoms with Gasteiger partial charge < -0.3 is 15.0 Å². The summed E-state index contributed by atoms with van der Waals surface area (Å²) < 4.78 is 0. The maximum atomic E-state index is 12.3. The van der Waals surface area contributed by atoms with Gasteiger partial charge in [-0.3, -0.25) is 14.4 Å². The van der Waals surface area contributed by atoms with Crippen LogP contribution in [0.15, 0.2) is 16.9 Å². The number of carbonyl (C=O) groups excluding carboxylic acids is 1. The number of nitrogens with zero attached hydrogens (tertiary/aromatic N) is 1. The summed E-state index contributed by atoms with van der Waals surface area (Å²) in [4.78, 5) is 39.0. The quantitative estimate of drug-likeness (QED) is 0.864. The molecule has 1 aromatic heterocycles. The molecule has 1 atom stereocenters. The summed E-state index contributed by atoms with van der Waals surface area (Å²) in [6.45, 7) is 4.48. The van der Waals surface area contributed by atoms with E-state index >= 15 is 0 Å². The molecule has 108 valence electrons. The Labute approximate surface area is 116 Å². The van der Waals surface area contributed by atoms with Crippen molar-refractivity contribution in [2.75, 3.05) is 13.1 Å². The van der Waals surface area contributed by atoms with Crippen LogP contribution in [-0.4, -0.2) is 40.0 Å². The van der Waals surface area contributed by atoms with Crippen LogP contribution in [0.25, 0.3) is 0 Å². The van der Waals surface area contributed by atoms with E-state index in [1.807, 2.05) is 13.8 Å². The minimum atomic E-state index is -0.880. The Morgan fingerprint density at radius 1 is 1.40 bits per heavy atom. The Morgan fingerprint density at radius 3 is 2.65 bits per heavy atom. The fraction of sp³-hybridized carbons (Fsp3) is 0.500. The number of rotatable bonds is 3. The van der Waals surface area contributed by atoms with Crippen LogP contribution in [-0.2, 0) is 4.79 Å². The van der Waals surface area contributed by atoms with Crippen LogP contribution in [0.5, 0.6) is 0 Å². The van der Waals surface area contributed by atoms with Crippen LogP contribution >= 0.6 is 0 Å². The van der Waals surface area contributed by atoms with E-state index in [2.05, 4.69) is 4.98 Å². The van der Waals surface area contributed by atoms with Crippen LogP contribution in [0.2, 0.25) is 0 Å². The second-order valence-corrected chi connectivity index (χ2v) is 5.42. The van der Waals surface area contributed by atoms with Gasteiger partial charge in [0.2, 0.25) is 5.56 Å². The molecule has 2 rings (SSSR count). The molecule has 6 nitrogen and oxygen atoms in total. The van der Waals surface area contributed by atoms with E-state index in [0.717, 1.165) is 0 Å². The van der Waals surface area contributed by atoms with Crippen LogP contribution in [0.4, 0.5) is 0 Å². The summed E-state index contributed by atoms with van der Waals surface area (Å²) in [5.41, 5.74) is 0.715. The lowest BCUT2D eigenvalue weighted by atomic mass is 10.1. The van der Waals surface area contributed by atoms with E-state index in [0.29, 0.717) is 24.2 Å². The average molecular weight is 278 g/mol. The average Bonchev–Trinajstić information content (AvgIpc) is 2.86. The van der Waals surface area contributed by atoms with Gasteiger partial charge in [0.15, 0.2) is 0 Å². The minimum Gasteiger partial charge on any atom is -0.481 e. The molecule has 1 unspecified atom stereocenters. The maximum Gasteiger partial charge on any atom is 0.308 e. The number of pyridine rings is 1. The number of amides is 1. The third-order valence-corrected chi connectivity index (χ3v) is 3.56. The summed E-state index contributed by atoms with van der Waals surface area (Å²) in [5, 5.41) is 8.95. The molecule has 1 amide bonds. The Morgan fingerprint density at radius 2 is 2.10 bits per heavy atom. The van der Waals surface area contributed by atoms with Gasteiger partial charge in [-0.1, -0.05) is 13.8 Å². The second kappa shape index (κ2) is 5.48. The number of carboxylic acid groups (broad SMARTS) is 1. The lowest BCUT2D eigenvalue weighted by Gasteiger charge is -2.16. The van der Waals surface area contributed by atoms with E-state index in [1.165, 1.54) is 11.0 Å². The van der Waals surface area contributed by atoms with Crippen molar-refractivity contribution >= 4 is 11.9 Å².